The van der Waals surface area contributed by atoms with Gasteiger partial charge in [0.15, 0.2) is 17.3 Å². The van der Waals surface area contributed by atoms with E-state index in [1.165, 1.54) is 19.1 Å². The zero-order valence-corrected chi connectivity index (χ0v) is 12.4. The molecular weight excluding hydrogens is 257 g/mol. The fourth-order valence-electron chi connectivity index (χ4n) is 1.59. The molecule has 0 amide bonds. The zero-order valence-electron chi connectivity index (χ0n) is 12.4. The molecule has 0 aliphatic carbocycles. The fraction of sp³-hybridized carbons (Fsp3) is 0.438. The van der Waals surface area contributed by atoms with Crippen LogP contribution in [0.4, 0.5) is 4.39 Å². The maximum atomic E-state index is 13.7. The van der Waals surface area contributed by atoms with Gasteiger partial charge in [-0.15, -0.1) is 0 Å². The Morgan fingerprint density at radius 3 is 2.70 bits per heavy atom. The first-order chi connectivity index (χ1) is 9.38. The highest BCUT2D eigenvalue weighted by Crippen LogP contribution is 2.21. The Kier molecular flexibility index (Phi) is 6.39. The van der Waals surface area contributed by atoms with Gasteiger partial charge in [-0.1, -0.05) is 26.0 Å². The van der Waals surface area contributed by atoms with E-state index < -0.39 is 5.82 Å². The summed E-state index contributed by atoms with van der Waals surface area (Å²) in [6.07, 6.45) is 2.95. The number of ketones is 1. The largest absolute Gasteiger partial charge is 0.486 e. The molecular formula is C16H22FNO2. The minimum Gasteiger partial charge on any atom is -0.486 e. The summed E-state index contributed by atoms with van der Waals surface area (Å²) < 4.78 is 19.3. The molecule has 20 heavy (non-hydrogen) atoms. The highest BCUT2D eigenvalue weighted by molar-refractivity contribution is 5.91. The fourth-order valence-corrected chi connectivity index (χ4v) is 1.59. The van der Waals surface area contributed by atoms with Crippen LogP contribution < -0.4 is 10.1 Å². The second-order valence-corrected chi connectivity index (χ2v) is 5.13. The molecule has 4 heteroatoms. The lowest BCUT2D eigenvalue weighted by Gasteiger charge is -2.17. The van der Waals surface area contributed by atoms with Gasteiger partial charge in [0.2, 0.25) is 0 Å². The molecule has 0 fully saturated rings. The number of rotatable bonds is 7. The van der Waals surface area contributed by atoms with Crippen molar-refractivity contribution >= 4 is 11.9 Å². The molecule has 110 valence electrons. The lowest BCUT2D eigenvalue weighted by molar-refractivity contribution is -0.112. The summed E-state index contributed by atoms with van der Waals surface area (Å²) in [4.78, 5) is 10.9. The smallest absolute Gasteiger partial charge is 0.165 e. The number of allylic oxidation sites excluding steroid dienone is 1. The maximum Gasteiger partial charge on any atom is 0.165 e. The van der Waals surface area contributed by atoms with Crippen molar-refractivity contribution in [2.75, 3.05) is 6.54 Å². The summed E-state index contributed by atoms with van der Waals surface area (Å²) >= 11 is 0. The Morgan fingerprint density at radius 1 is 1.40 bits per heavy atom. The van der Waals surface area contributed by atoms with Crippen molar-refractivity contribution in [1.29, 1.82) is 0 Å². The average Bonchev–Trinajstić information content (AvgIpc) is 2.37. The number of hydrogen-bond acceptors (Lipinski definition) is 3. The van der Waals surface area contributed by atoms with Crippen LogP contribution in [0.2, 0.25) is 0 Å². The third kappa shape index (κ3) is 5.97. The van der Waals surface area contributed by atoms with Gasteiger partial charge in [0.1, 0.15) is 6.10 Å². The number of halogens is 1. The van der Waals surface area contributed by atoms with Crippen molar-refractivity contribution in [2.45, 2.75) is 39.8 Å². The van der Waals surface area contributed by atoms with Crippen molar-refractivity contribution in [1.82, 2.24) is 5.32 Å². The molecule has 0 saturated carbocycles. The summed E-state index contributed by atoms with van der Waals surface area (Å²) in [5.41, 5.74) is 0.737. The summed E-state index contributed by atoms with van der Waals surface area (Å²) in [6.45, 7) is 8.08. The van der Waals surface area contributed by atoms with E-state index in [4.69, 9.17) is 4.74 Å². The van der Waals surface area contributed by atoms with Crippen molar-refractivity contribution in [3.8, 4) is 5.75 Å². The van der Waals surface area contributed by atoms with E-state index in [-0.39, 0.29) is 17.6 Å². The van der Waals surface area contributed by atoms with Crippen LogP contribution >= 0.6 is 0 Å². The summed E-state index contributed by atoms with van der Waals surface area (Å²) in [5.74, 6) is -0.249. The van der Waals surface area contributed by atoms with Crippen LogP contribution in [0.1, 0.15) is 33.3 Å². The van der Waals surface area contributed by atoms with Crippen LogP contribution in [0.3, 0.4) is 0 Å². The molecule has 0 aliphatic rings. The van der Waals surface area contributed by atoms with Crippen LogP contribution in [-0.4, -0.2) is 24.5 Å². The Labute approximate surface area is 119 Å². The molecule has 0 unspecified atom stereocenters. The number of carbonyl (C=O) groups is 1. The molecule has 0 spiro atoms. The lowest BCUT2D eigenvalue weighted by Crippen LogP contribution is -2.33. The predicted octanol–water partition coefficient (Wildman–Crippen LogP) is 3.19. The van der Waals surface area contributed by atoms with Gasteiger partial charge in [-0.25, -0.2) is 4.39 Å². The SMILES string of the molecule is CC(=O)/C=C/c1ccc(F)c(O[C@@H](C)CNC(C)C)c1. The van der Waals surface area contributed by atoms with Crippen LogP contribution in [0.5, 0.6) is 5.75 Å². The first-order valence-electron chi connectivity index (χ1n) is 6.76. The van der Waals surface area contributed by atoms with Crippen molar-refractivity contribution in [3.05, 3.63) is 35.7 Å². The quantitative estimate of drug-likeness (QED) is 0.779. The lowest BCUT2D eigenvalue weighted by atomic mass is 10.2. The number of benzene rings is 1. The third-order valence-electron chi connectivity index (χ3n) is 2.61. The van der Waals surface area contributed by atoms with Gasteiger partial charge < -0.3 is 10.1 Å². The number of carbonyl (C=O) groups excluding carboxylic acids is 1. The van der Waals surface area contributed by atoms with E-state index in [1.54, 1.807) is 18.2 Å². The molecule has 1 atom stereocenters. The van der Waals surface area contributed by atoms with Crippen molar-refractivity contribution < 1.29 is 13.9 Å². The number of ether oxygens (including phenoxy) is 1. The zero-order chi connectivity index (χ0) is 15.1. The van der Waals surface area contributed by atoms with Crippen LogP contribution in [-0.2, 0) is 4.79 Å². The normalized spacial score (nSPS) is 12.9. The topological polar surface area (TPSA) is 38.3 Å². The molecule has 0 aromatic heterocycles. The monoisotopic (exact) mass is 279 g/mol. The Morgan fingerprint density at radius 2 is 2.10 bits per heavy atom. The predicted molar refractivity (Wildman–Crippen MR) is 79.3 cm³/mol. The van der Waals surface area contributed by atoms with Crippen molar-refractivity contribution in [2.24, 2.45) is 0 Å². The summed E-state index contributed by atoms with van der Waals surface area (Å²) in [6, 6.07) is 4.91. The van der Waals surface area contributed by atoms with E-state index in [1.807, 2.05) is 20.8 Å². The van der Waals surface area contributed by atoms with Crippen LogP contribution in [0.15, 0.2) is 24.3 Å². The van der Waals surface area contributed by atoms with Gasteiger partial charge in [0.25, 0.3) is 0 Å². The Balaban J connectivity index is 2.73. The second kappa shape index (κ2) is 7.80. The second-order valence-electron chi connectivity index (χ2n) is 5.13. The number of nitrogens with one attached hydrogen (secondary N) is 1. The first-order valence-corrected chi connectivity index (χ1v) is 6.76. The van der Waals surface area contributed by atoms with E-state index in [0.29, 0.717) is 12.6 Å². The molecule has 3 nitrogen and oxygen atoms in total. The highest BCUT2D eigenvalue weighted by atomic mass is 19.1. The molecule has 1 aromatic carbocycles. The standard InChI is InChI=1S/C16H22FNO2/c1-11(2)18-10-13(4)20-16-9-14(6-5-12(3)19)7-8-15(16)17/h5-9,11,13,18H,10H2,1-4H3/b6-5+/t13-/m0/s1. The maximum absolute atomic E-state index is 13.7. The van der Waals surface area contributed by atoms with Crippen molar-refractivity contribution in [3.63, 3.8) is 0 Å². The molecule has 1 rings (SSSR count). The Bertz CT molecular complexity index is 483. The molecule has 0 heterocycles. The first kappa shape index (κ1) is 16.4. The minimum atomic E-state index is -0.402. The van der Waals surface area contributed by atoms with E-state index in [0.717, 1.165) is 5.56 Å². The van der Waals surface area contributed by atoms with Gasteiger partial charge >= 0.3 is 0 Å². The summed E-state index contributed by atoms with van der Waals surface area (Å²) in [7, 11) is 0. The molecule has 0 aliphatic heterocycles. The summed E-state index contributed by atoms with van der Waals surface area (Å²) in [5, 5.41) is 3.23. The highest BCUT2D eigenvalue weighted by Gasteiger charge is 2.09. The van der Waals surface area contributed by atoms with Crippen LogP contribution in [0.25, 0.3) is 6.08 Å². The molecule has 1 aromatic rings. The minimum absolute atomic E-state index is 0.0497. The van der Waals surface area contributed by atoms with Gasteiger partial charge in [-0.05, 0) is 37.6 Å². The van der Waals surface area contributed by atoms with E-state index in [2.05, 4.69) is 5.32 Å². The van der Waals surface area contributed by atoms with E-state index in [9.17, 15) is 9.18 Å². The third-order valence-corrected chi connectivity index (χ3v) is 2.61. The molecule has 0 bridgehead atoms. The average molecular weight is 279 g/mol. The molecule has 0 radical (unpaired) electrons. The van der Waals surface area contributed by atoms with Crippen LogP contribution in [0, 0.1) is 5.82 Å². The van der Waals surface area contributed by atoms with E-state index >= 15 is 0 Å². The van der Waals surface area contributed by atoms with Gasteiger partial charge in [-0.2, -0.15) is 0 Å². The molecule has 0 saturated heterocycles. The Hall–Kier alpha value is -1.68. The molecule has 1 N–H and O–H groups in total. The number of hydrogen-bond donors (Lipinski definition) is 1. The van der Waals surface area contributed by atoms with Gasteiger partial charge in [0.05, 0.1) is 0 Å². The van der Waals surface area contributed by atoms with Gasteiger partial charge in [0, 0.05) is 12.6 Å². The van der Waals surface area contributed by atoms with Gasteiger partial charge in [-0.3, -0.25) is 4.79 Å².